The van der Waals surface area contributed by atoms with Gasteiger partial charge in [-0.2, -0.15) is 0 Å². The first-order valence-corrected chi connectivity index (χ1v) is 6.38. The zero-order valence-corrected chi connectivity index (χ0v) is 12.0. The summed E-state index contributed by atoms with van der Waals surface area (Å²) in [6, 6.07) is 3.38. The number of rotatable bonds is 7. The van der Waals surface area contributed by atoms with Gasteiger partial charge in [-0.1, -0.05) is 6.08 Å². The molecule has 0 aliphatic heterocycles. The molecule has 1 amide bonds. The number of nitrogens with one attached hydrogen (secondary N) is 1. The van der Waals surface area contributed by atoms with Crippen molar-refractivity contribution in [1.29, 1.82) is 0 Å². The van der Waals surface area contributed by atoms with E-state index in [1.54, 1.807) is 32.1 Å². The van der Waals surface area contributed by atoms with E-state index in [0.29, 0.717) is 18.0 Å². The summed E-state index contributed by atoms with van der Waals surface area (Å²) in [5.41, 5.74) is 1.08. The first-order valence-electron chi connectivity index (χ1n) is 6.38. The van der Waals surface area contributed by atoms with Crippen LogP contribution < -0.4 is 10.1 Å². The van der Waals surface area contributed by atoms with Crippen LogP contribution in [0.1, 0.15) is 18.3 Å². The van der Waals surface area contributed by atoms with Crippen molar-refractivity contribution in [2.45, 2.75) is 20.0 Å². The summed E-state index contributed by atoms with van der Waals surface area (Å²) in [7, 11) is 0. The van der Waals surface area contributed by atoms with Crippen LogP contribution in [0.3, 0.4) is 0 Å². The van der Waals surface area contributed by atoms with E-state index in [0.717, 1.165) is 11.8 Å². The second-order valence-corrected chi connectivity index (χ2v) is 4.30. The highest BCUT2D eigenvalue weighted by Crippen LogP contribution is 2.20. The van der Waals surface area contributed by atoms with Gasteiger partial charge in [-0.15, -0.1) is 6.58 Å². The predicted molar refractivity (Wildman–Crippen MR) is 78.9 cm³/mol. The number of ether oxygens (including phenoxy) is 1. The Morgan fingerprint density at radius 1 is 1.52 bits per heavy atom. The van der Waals surface area contributed by atoms with Gasteiger partial charge in [0.1, 0.15) is 11.4 Å². The van der Waals surface area contributed by atoms with Crippen LogP contribution in [0.15, 0.2) is 30.9 Å². The molecule has 0 fully saturated rings. The molecule has 1 unspecified atom stereocenters. The molecule has 0 bridgehead atoms. The number of aryl methyl sites for hydroxylation is 1. The van der Waals surface area contributed by atoms with Crippen molar-refractivity contribution in [2.24, 2.45) is 0 Å². The standard InChI is InChI=1S/C15H18N2O4/c1-4-9-16-15(20)11(3)21-13-7-5-10(2)17-12(13)6-8-14(18)19/h4-8,11H,1,9H2,2-3H3,(H,16,20)(H,18,19). The third-order valence-corrected chi connectivity index (χ3v) is 2.50. The number of hydrogen-bond acceptors (Lipinski definition) is 4. The summed E-state index contributed by atoms with van der Waals surface area (Å²) < 4.78 is 5.54. The van der Waals surface area contributed by atoms with E-state index in [4.69, 9.17) is 9.84 Å². The molecule has 0 saturated carbocycles. The quantitative estimate of drug-likeness (QED) is 0.587. The SMILES string of the molecule is C=CCNC(=O)C(C)Oc1ccc(C)nc1C=CC(=O)O. The van der Waals surface area contributed by atoms with Gasteiger partial charge in [0.15, 0.2) is 6.10 Å². The van der Waals surface area contributed by atoms with E-state index in [1.165, 1.54) is 6.08 Å². The third-order valence-electron chi connectivity index (χ3n) is 2.50. The van der Waals surface area contributed by atoms with E-state index in [-0.39, 0.29) is 5.91 Å². The molecule has 1 aromatic heterocycles. The fourth-order valence-corrected chi connectivity index (χ4v) is 1.49. The van der Waals surface area contributed by atoms with Crippen molar-refractivity contribution in [2.75, 3.05) is 6.54 Å². The van der Waals surface area contributed by atoms with Crippen molar-refractivity contribution in [3.05, 3.63) is 42.3 Å². The third kappa shape index (κ3) is 5.48. The number of carbonyl (C=O) groups excluding carboxylic acids is 1. The number of pyridine rings is 1. The minimum absolute atomic E-state index is 0.288. The Kier molecular flexibility index (Phi) is 6.13. The zero-order chi connectivity index (χ0) is 15.8. The lowest BCUT2D eigenvalue weighted by Gasteiger charge is -2.15. The molecule has 1 rings (SSSR count). The van der Waals surface area contributed by atoms with E-state index < -0.39 is 12.1 Å². The Bertz CT molecular complexity index is 567. The molecule has 1 aromatic rings. The van der Waals surface area contributed by atoms with Gasteiger partial charge >= 0.3 is 5.97 Å². The second-order valence-electron chi connectivity index (χ2n) is 4.30. The topological polar surface area (TPSA) is 88.5 Å². The average molecular weight is 290 g/mol. The average Bonchev–Trinajstić information content (AvgIpc) is 2.44. The van der Waals surface area contributed by atoms with Crippen molar-refractivity contribution in [3.63, 3.8) is 0 Å². The van der Waals surface area contributed by atoms with Crippen LogP contribution in [0.2, 0.25) is 0 Å². The number of carbonyl (C=O) groups is 2. The predicted octanol–water partition coefficient (Wildman–Crippen LogP) is 1.56. The Hall–Kier alpha value is -2.63. The van der Waals surface area contributed by atoms with Gasteiger partial charge in [0.25, 0.3) is 5.91 Å². The van der Waals surface area contributed by atoms with Crippen molar-refractivity contribution in [1.82, 2.24) is 10.3 Å². The summed E-state index contributed by atoms with van der Waals surface area (Å²) >= 11 is 0. The fraction of sp³-hybridized carbons (Fsp3) is 0.267. The number of nitrogens with zero attached hydrogens (tertiary/aromatic N) is 1. The molecule has 0 spiro atoms. The zero-order valence-electron chi connectivity index (χ0n) is 12.0. The van der Waals surface area contributed by atoms with Gasteiger partial charge in [0, 0.05) is 18.3 Å². The van der Waals surface area contributed by atoms with Crippen LogP contribution in [0.4, 0.5) is 0 Å². The molecule has 2 N–H and O–H groups in total. The van der Waals surface area contributed by atoms with Gasteiger partial charge in [-0.3, -0.25) is 4.79 Å². The number of hydrogen-bond donors (Lipinski definition) is 2. The highest BCUT2D eigenvalue weighted by molar-refractivity contribution is 5.85. The molecule has 6 heteroatoms. The summed E-state index contributed by atoms with van der Waals surface area (Å²) in [6.45, 7) is 7.24. The monoisotopic (exact) mass is 290 g/mol. The maximum atomic E-state index is 11.7. The molecule has 1 atom stereocenters. The van der Waals surface area contributed by atoms with Crippen molar-refractivity contribution in [3.8, 4) is 5.75 Å². The van der Waals surface area contributed by atoms with Gasteiger partial charge in [0.2, 0.25) is 0 Å². The van der Waals surface area contributed by atoms with Crippen LogP contribution in [-0.4, -0.2) is 34.6 Å². The van der Waals surface area contributed by atoms with Gasteiger partial charge < -0.3 is 15.2 Å². The minimum atomic E-state index is -1.08. The van der Waals surface area contributed by atoms with Crippen molar-refractivity contribution >= 4 is 18.0 Å². The van der Waals surface area contributed by atoms with E-state index >= 15 is 0 Å². The number of carboxylic acids is 1. The Morgan fingerprint density at radius 2 is 2.24 bits per heavy atom. The molecule has 112 valence electrons. The van der Waals surface area contributed by atoms with Crippen LogP contribution in [0.25, 0.3) is 6.08 Å². The van der Waals surface area contributed by atoms with E-state index in [2.05, 4.69) is 16.9 Å². The maximum absolute atomic E-state index is 11.7. The summed E-state index contributed by atoms with van der Waals surface area (Å²) in [5.74, 6) is -1.02. The van der Waals surface area contributed by atoms with Crippen LogP contribution in [-0.2, 0) is 9.59 Å². The van der Waals surface area contributed by atoms with Gasteiger partial charge in [-0.05, 0) is 32.1 Å². The fourth-order valence-electron chi connectivity index (χ4n) is 1.49. The highest BCUT2D eigenvalue weighted by Gasteiger charge is 2.15. The normalized spacial score (nSPS) is 11.9. The Balaban J connectivity index is 2.89. The molecule has 0 radical (unpaired) electrons. The minimum Gasteiger partial charge on any atom is -0.479 e. The van der Waals surface area contributed by atoms with Crippen LogP contribution in [0.5, 0.6) is 5.75 Å². The molecule has 6 nitrogen and oxygen atoms in total. The molecule has 0 aromatic carbocycles. The summed E-state index contributed by atoms with van der Waals surface area (Å²) in [6.07, 6.45) is 3.14. The van der Waals surface area contributed by atoms with Crippen LogP contribution in [0, 0.1) is 6.92 Å². The first kappa shape index (κ1) is 16.4. The molecular formula is C15H18N2O4. The number of amides is 1. The number of carboxylic acid groups (broad SMARTS) is 1. The largest absolute Gasteiger partial charge is 0.479 e. The number of aromatic nitrogens is 1. The van der Waals surface area contributed by atoms with E-state index in [9.17, 15) is 9.59 Å². The van der Waals surface area contributed by atoms with Gasteiger partial charge in [0.05, 0.1) is 0 Å². The molecular weight excluding hydrogens is 272 g/mol. The smallest absolute Gasteiger partial charge is 0.328 e. The van der Waals surface area contributed by atoms with Crippen LogP contribution >= 0.6 is 0 Å². The second kappa shape index (κ2) is 7.84. The number of aliphatic carboxylic acids is 1. The lowest BCUT2D eigenvalue weighted by molar-refractivity contribution is -0.131. The van der Waals surface area contributed by atoms with E-state index in [1.807, 2.05) is 0 Å². The molecule has 0 aliphatic carbocycles. The Morgan fingerprint density at radius 3 is 2.86 bits per heavy atom. The lowest BCUT2D eigenvalue weighted by Crippen LogP contribution is -2.36. The molecule has 1 heterocycles. The maximum Gasteiger partial charge on any atom is 0.328 e. The van der Waals surface area contributed by atoms with Crippen molar-refractivity contribution < 1.29 is 19.4 Å². The summed E-state index contributed by atoms with van der Waals surface area (Å²) in [4.78, 5) is 26.5. The molecule has 0 saturated heterocycles. The molecule has 21 heavy (non-hydrogen) atoms. The summed E-state index contributed by atoms with van der Waals surface area (Å²) in [5, 5.41) is 11.3. The first-order chi connectivity index (χ1) is 9.93. The highest BCUT2D eigenvalue weighted by atomic mass is 16.5. The van der Waals surface area contributed by atoms with Gasteiger partial charge in [-0.25, -0.2) is 9.78 Å². The molecule has 0 aliphatic rings. The lowest BCUT2D eigenvalue weighted by atomic mass is 10.2. The Labute approximate surface area is 123 Å².